The van der Waals surface area contributed by atoms with E-state index in [-0.39, 0.29) is 31.2 Å². The van der Waals surface area contributed by atoms with Gasteiger partial charge in [0.1, 0.15) is 11.0 Å². The Kier molecular flexibility index (Phi) is 4.64. The number of rotatable bonds is 3. The highest BCUT2D eigenvalue weighted by Crippen LogP contribution is 2.31. The van der Waals surface area contributed by atoms with Gasteiger partial charge in [0.05, 0.1) is 26.3 Å². The number of nitrogens with one attached hydrogen (secondary N) is 1. The van der Waals surface area contributed by atoms with Crippen LogP contribution in [0.1, 0.15) is 5.56 Å². The summed E-state index contributed by atoms with van der Waals surface area (Å²) in [5, 5.41) is 9.13. The highest BCUT2D eigenvalue weighted by molar-refractivity contribution is 7.93. The van der Waals surface area contributed by atoms with Gasteiger partial charge < -0.3 is 0 Å². The molecule has 0 heterocycles. The van der Waals surface area contributed by atoms with Crippen molar-refractivity contribution in [1.82, 2.24) is 0 Å². The first-order valence-corrected chi connectivity index (χ1v) is 8.13. The molecule has 4 nitrogen and oxygen atoms in total. The second kappa shape index (κ2) is 6.12. The van der Waals surface area contributed by atoms with Gasteiger partial charge in [-0.25, -0.2) is 8.42 Å². The van der Waals surface area contributed by atoms with Crippen LogP contribution >= 0.6 is 34.8 Å². The van der Waals surface area contributed by atoms with E-state index in [1.165, 1.54) is 30.3 Å². The molecule has 21 heavy (non-hydrogen) atoms. The third-order valence-electron chi connectivity index (χ3n) is 2.53. The molecule has 0 fully saturated rings. The van der Waals surface area contributed by atoms with Crippen molar-refractivity contribution >= 4 is 50.5 Å². The Morgan fingerprint density at radius 2 is 1.62 bits per heavy atom. The summed E-state index contributed by atoms with van der Waals surface area (Å²) >= 11 is 17.6. The maximum atomic E-state index is 12.3. The lowest BCUT2D eigenvalue weighted by Crippen LogP contribution is -2.14. The number of sulfonamides is 1. The fourth-order valence-corrected chi connectivity index (χ4v) is 3.98. The third kappa shape index (κ3) is 3.42. The standard InChI is InChI=1S/C13H7Cl3N2O2S/c14-10-5-4-9(6-8(10)7-17)18-21(19,20)13-11(15)2-1-3-12(13)16/h1-6,18H. The van der Waals surface area contributed by atoms with E-state index >= 15 is 0 Å². The van der Waals surface area contributed by atoms with E-state index in [9.17, 15) is 8.42 Å². The summed E-state index contributed by atoms with van der Waals surface area (Å²) in [6.07, 6.45) is 0. The van der Waals surface area contributed by atoms with Gasteiger partial charge in [-0.05, 0) is 30.3 Å². The van der Waals surface area contributed by atoms with Crippen LogP contribution in [0.3, 0.4) is 0 Å². The zero-order valence-corrected chi connectivity index (χ0v) is 13.4. The average molecular weight is 362 g/mol. The lowest BCUT2D eigenvalue weighted by atomic mass is 10.2. The topological polar surface area (TPSA) is 70.0 Å². The van der Waals surface area contributed by atoms with Crippen LogP contribution in [0, 0.1) is 11.3 Å². The van der Waals surface area contributed by atoms with E-state index in [2.05, 4.69) is 4.72 Å². The summed E-state index contributed by atoms with van der Waals surface area (Å²) in [5.41, 5.74) is 0.342. The van der Waals surface area contributed by atoms with E-state index in [1.54, 1.807) is 6.07 Å². The molecule has 0 spiro atoms. The fraction of sp³-hybridized carbons (Fsp3) is 0. The molecule has 8 heteroatoms. The van der Waals surface area contributed by atoms with E-state index in [1.807, 2.05) is 6.07 Å². The molecular weight excluding hydrogens is 355 g/mol. The maximum Gasteiger partial charge on any atom is 0.264 e. The van der Waals surface area contributed by atoms with Crippen LogP contribution in [-0.4, -0.2) is 8.42 Å². The molecule has 0 bridgehead atoms. The van der Waals surface area contributed by atoms with Gasteiger partial charge in [-0.3, -0.25) is 4.72 Å². The first-order chi connectivity index (χ1) is 9.85. The molecule has 108 valence electrons. The zero-order chi connectivity index (χ0) is 15.6. The summed E-state index contributed by atoms with van der Waals surface area (Å²) in [5.74, 6) is 0. The highest BCUT2D eigenvalue weighted by Gasteiger charge is 2.21. The minimum atomic E-state index is -3.98. The summed E-state index contributed by atoms with van der Waals surface area (Å²) in [6.45, 7) is 0. The molecule has 2 aromatic rings. The molecule has 2 rings (SSSR count). The van der Waals surface area contributed by atoms with Gasteiger partial charge in [0.25, 0.3) is 10.0 Å². The Balaban J connectivity index is 2.46. The van der Waals surface area contributed by atoms with Gasteiger partial charge in [0, 0.05) is 0 Å². The highest BCUT2D eigenvalue weighted by atomic mass is 35.5. The molecule has 0 unspecified atom stereocenters. The number of halogens is 3. The second-order valence-electron chi connectivity index (χ2n) is 3.96. The summed E-state index contributed by atoms with van der Waals surface area (Å²) in [7, 11) is -3.98. The summed E-state index contributed by atoms with van der Waals surface area (Å²) < 4.78 is 27.0. The van der Waals surface area contributed by atoms with Crippen molar-refractivity contribution in [1.29, 1.82) is 5.26 Å². The third-order valence-corrected chi connectivity index (χ3v) is 5.19. The summed E-state index contributed by atoms with van der Waals surface area (Å²) in [4.78, 5) is -0.221. The molecule has 2 aromatic carbocycles. The van der Waals surface area contributed by atoms with Crippen LogP contribution in [0.25, 0.3) is 0 Å². The summed E-state index contributed by atoms with van der Waals surface area (Å²) in [6, 6.07) is 10.4. The monoisotopic (exact) mass is 360 g/mol. The normalized spacial score (nSPS) is 11.0. The van der Waals surface area contributed by atoms with Gasteiger partial charge in [-0.1, -0.05) is 40.9 Å². The minimum Gasteiger partial charge on any atom is -0.279 e. The van der Waals surface area contributed by atoms with Crippen molar-refractivity contribution in [2.75, 3.05) is 4.72 Å². The lowest BCUT2D eigenvalue weighted by Gasteiger charge is -2.11. The molecule has 0 aliphatic heterocycles. The molecule has 0 aromatic heterocycles. The van der Waals surface area contributed by atoms with Crippen molar-refractivity contribution in [3.63, 3.8) is 0 Å². The number of hydrogen-bond donors (Lipinski definition) is 1. The largest absolute Gasteiger partial charge is 0.279 e. The molecule has 0 aliphatic carbocycles. The minimum absolute atomic E-state index is 0.00414. The smallest absolute Gasteiger partial charge is 0.264 e. The molecule has 0 amide bonds. The van der Waals surface area contributed by atoms with Crippen LogP contribution < -0.4 is 4.72 Å². The van der Waals surface area contributed by atoms with Crippen molar-refractivity contribution in [3.05, 3.63) is 57.0 Å². The second-order valence-corrected chi connectivity index (χ2v) is 6.80. The lowest BCUT2D eigenvalue weighted by molar-refractivity contribution is 0.601. The van der Waals surface area contributed by atoms with Gasteiger partial charge in [0.2, 0.25) is 0 Å². The Labute approximate surface area is 136 Å². The maximum absolute atomic E-state index is 12.3. The van der Waals surface area contributed by atoms with Crippen molar-refractivity contribution in [3.8, 4) is 6.07 Å². The number of nitrogens with zero attached hydrogens (tertiary/aromatic N) is 1. The SMILES string of the molecule is N#Cc1cc(NS(=O)(=O)c2c(Cl)cccc2Cl)ccc1Cl. The molecular formula is C13H7Cl3N2O2S. The number of anilines is 1. The van der Waals surface area contributed by atoms with E-state index in [0.29, 0.717) is 0 Å². The number of nitriles is 1. The Morgan fingerprint density at radius 1 is 1.00 bits per heavy atom. The van der Waals surface area contributed by atoms with Gasteiger partial charge in [-0.15, -0.1) is 0 Å². The Hall–Kier alpha value is -1.45. The van der Waals surface area contributed by atoms with Crippen molar-refractivity contribution < 1.29 is 8.42 Å². The predicted molar refractivity (Wildman–Crippen MR) is 83.4 cm³/mol. The quantitative estimate of drug-likeness (QED) is 0.885. The van der Waals surface area contributed by atoms with Crippen LogP contribution in [0.4, 0.5) is 5.69 Å². The van der Waals surface area contributed by atoms with Crippen molar-refractivity contribution in [2.45, 2.75) is 4.90 Å². The van der Waals surface area contributed by atoms with Gasteiger partial charge >= 0.3 is 0 Å². The molecule has 0 aliphatic rings. The molecule has 0 atom stereocenters. The first kappa shape index (κ1) is 15.9. The van der Waals surface area contributed by atoms with Gasteiger partial charge in [-0.2, -0.15) is 5.26 Å². The van der Waals surface area contributed by atoms with Gasteiger partial charge in [0.15, 0.2) is 0 Å². The van der Waals surface area contributed by atoms with Crippen LogP contribution in [0.5, 0.6) is 0 Å². The molecule has 0 radical (unpaired) electrons. The molecule has 0 saturated carbocycles. The van der Waals surface area contributed by atoms with Crippen LogP contribution in [0.15, 0.2) is 41.3 Å². The van der Waals surface area contributed by atoms with Crippen LogP contribution in [-0.2, 0) is 10.0 Å². The van der Waals surface area contributed by atoms with E-state index in [0.717, 1.165) is 0 Å². The molecule has 1 N–H and O–H groups in total. The number of benzene rings is 2. The Morgan fingerprint density at radius 3 is 2.19 bits per heavy atom. The van der Waals surface area contributed by atoms with Crippen LogP contribution in [0.2, 0.25) is 15.1 Å². The van der Waals surface area contributed by atoms with Crippen molar-refractivity contribution in [2.24, 2.45) is 0 Å². The first-order valence-electron chi connectivity index (χ1n) is 5.51. The molecule has 0 saturated heterocycles. The number of hydrogen-bond acceptors (Lipinski definition) is 3. The fourth-order valence-electron chi connectivity index (χ4n) is 1.62. The van der Waals surface area contributed by atoms with E-state index < -0.39 is 10.0 Å². The zero-order valence-electron chi connectivity index (χ0n) is 10.3. The van der Waals surface area contributed by atoms with E-state index in [4.69, 9.17) is 40.1 Å². The average Bonchev–Trinajstić information content (AvgIpc) is 2.40. The predicted octanol–water partition coefficient (Wildman–Crippen LogP) is 4.32. The Bertz CT molecular complexity index is 825.